The molecule has 2 rings (SSSR count). The molecule has 0 spiro atoms. The molecule has 0 saturated heterocycles. The molecular formula is C19H22F3NO3. The minimum atomic E-state index is -4.40. The van der Waals surface area contributed by atoms with Gasteiger partial charge in [-0.25, -0.2) is 0 Å². The zero-order valence-electron chi connectivity index (χ0n) is 14.6. The molecule has 0 heterocycles. The summed E-state index contributed by atoms with van der Waals surface area (Å²) in [5.41, 5.74) is -0.0608. The highest BCUT2D eigenvalue weighted by Crippen LogP contribution is 2.32. The molecule has 2 N–H and O–H groups in total. The number of aliphatic hydroxyl groups excluding tert-OH is 1. The Hall–Kier alpha value is -2.25. The fourth-order valence-electron chi connectivity index (χ4n) is 2.47. The van der Waals surface area contributed by atoms with Crippen LogP contribution in [0.3, 0.4) is 0 Å². The lowest BCUT2D eigenvalue weighted by Gasteiger charge is -2.25. The van der Waals surface area contributed by atoms with Gasteiger partial charge in [-0.3, -0.25) is 0 Å². The number of hydrogen-bond donors (Lipinski definition) is 2. The first kappa shape index (κ1) is 20.1. The lowest BCUT2D eigenvalue weighted by molar-refractivity contribution is -0.137. The van der Waals surface area contributed by atoms with Gasteiger partial charge in [-0.05, 0) is 55.9 Å². The Labute approximate surface area is 150 Å². The lowest BCUT2D eigenvalue weighted by Crippen LogP contribution is -2.32. The Balaban J connectivity index is 2.22. The first-order valence-electron chi connectivity index (χ1n) is 8.24. The second-order valence-electron chi connectivity index (χ2n) is 5.69. The summed E-state index contributed by atoms with van der Waals surface area (Å²) in [4.78, 5) is 0. The van der Waals surface area contributed by atoms with E-state index in [0.29, 0.717) is 17.9 Å². The highest BCUT2D eigenvalue weighted by atomic mass is 19.4. The van der Waals surface area contributed by atoms with Gasteiger partial charge >= 0.3 is 6.18 Å². The molecule has 4 nitrogen and oxygen atoms in total. The third kappa shape index (κ3) is 5.37. The molecule has 2 unspecified atom stereocenters. The highest BCUT2D eigenvalue weighted by molar-refractivity contribution is 5.32. The van der Waals surface area contributed by atoms with Crippen LogP contribution in [0.15, 0.2) is 48.5 Å². The number of likely N-dealkylation sites (N-methyl/N-ethyl adjacent to an activating group) is 1. The third-order valence-electron chi connectivity index (χ3n) is 3.73. The quantitative estimate of drug-likeness (QED) is 0.743. The van der Waals surface area contributed by atoms with Crippen molar-refractivity contribution in [3.63, 3.8) is 0 Å². The summed E-state index contributed by atoms with van der Waals surface area (Å²) >= 11 is 0. The van der Waals surface area contributed by atoms with Crippen LogP contribution in [0.5, 0.6) is 11.5 Å². The largest absolute Gasteiger partial charge is 0.494 e. The fourth-order valence-corrected chi connectivity index (χ4v) is 2.47. The Morgan fingerprint density at radius 3 is 2.08 bits per heavy atom. The maximum atomic E-state index is 12.7. The number of halogens is 3. The zero-order valence-corrected chi connectivity index (χ0v) is 14.6. The number of nitrogens with one attached hydrogen (secondary N) is 1. The van der Waals surface area contributed by atoms with E-state index in [-0.39, 0.29) is 12.3 Å². The van der Waals surface area contributed by atoms with Crippen LogP contribution in [0.25, 0.3) is 0 Å². The molecule has 2 aromatic rings. The topological polar surface area (TPSA) is 50.7 Å². The van der Waals surface area contributed by atoms with Gasteiger partial charge in [0.05, 0.1) is 12.2 Å². The average Bonchev–Trinajstić information content (AvgIpc) is 2.60. The summed E-state index contributed by atoms with van der Waals surface area (Å²) in [7, 11) is 1.69. The van der Waals surface area contributed by atoms with Gasteiger partial charge in [0.15, 0.2) is 6.10 Å². The van der Waals surface area contributed by atoms with Crippen molar-refractivity contribution in [2.45, 2.75) is 25.3 Å². The number of aliphatic hydroxyl groups is 1. The van der Waals surface area contributed by atoms with Crippen molar-refractivity contribution in [2.75, 3.05) is 20.2 Å². The molecule has 142 valence electrons. The Morgan fingerprint density at radius 1 is 1.00 bits per heavy atom. The molecule has 26 heavy (non-hydrogen) atoms. The predicted molar refractivity (Wildman–Crippen MR) is 92.4 cm³/mol. The minimum absolute atomic E-state index is 0.243. The van der Waals surface area contributed by atoms with E-state index in [1.165, 1.54) is 12.1 Å². The van der Waals surface area contributed by atoms with Crippen molar-refractivity contribution in [1.82, 2.24) is 5.32 Å². The Kier molecular flexibility index (Phi) is 6.88. The van der Waals surface area contributed by atoms with Crippen LogP contribution in [-0.2, 0) is 6.18 Å². The molecule has 0 aliphatic carbocycles. The second-order valence-corrected chi connectivity index (χ2v) is 5.69. The van der Waals surface area contributed by atoms with Gasteiger partial charge in [-0.2, -0.15) is 13.2 Å². The van der Waals surface area contributed by atoms with E-state index in [2.05, 4.69) is 5.32 Å². The van der Waals surface area contributed by atoms with Crippen LogP contribution in [0.4, 0.5) is 13.2 Å². The van der Waals surface area contributed by atoms with Gasteiger partial charge in [-0.15, -0.1) is 0 Å². The fraction of sp³-hybridized carbons (Fsp3) is 0.368. The summed E-state index contributed by atoms with van der Waals surface area (Å²) in [6.07, 6.45) is -6.03. The molecule has 0 bridgehead atoms. The van der Waals surface area contributed by atoms with E-state index in [9.17, 15) is 18.3 Å². The van der Waals surface area contributed by atoms with Gasteiger partial charge < -0.3 is 19.9 Å². The summed E-state index contributed by atoms with van der Waals surface area (Å²) in [6.45, 7) is 2.67. The lowest BCUT2D eigenvalue weighted by atomic mass is 10.0. The molecule has 0 aliphatic rings. The van der Waals surface area contributed by atoms with Crippen molar-refractivity contribution in [1.29, 1.82) is 0 Å². The van der Waals surface area contributed by atoms with E-state index in [4.69, 9.17) is 9.47 Å². The number of benzene rings is 2. The van der Waals surface area contributed by atoms with Crippen molar-refractivity contribution < 1.29 is 27.8 Å². The Bertz CT molecular complexity index is 672. The van der Waals surface area contributed by atoms with Crippen LogP contribution in [0.1, 0.15) is 24.2 Å². The Morgan fingerprint density at radius 2 is 1.58 bits per heavy atom. The second kappa shape index (κ2) is 8.91. The van der Waals surface area contributed by atoms with Crippen LogP contribution < -0.4 is 14.8 Å². The van der Waals surface area contributed by atoms with Crippen LogP contribution >= 0.6 is 0 Å². The van der Waals surface area contributed by atoms with Gasteiger partial charge in [0, 0.05) is 6.54 Å². The van der Waals surface area contributed by atoms with E-state index in [1.807, 2.05) is 6.92 Å². The summed E-state index contributed by atoms with van der Waals surface area (Å²) < 4.78 is 49.2. The average molecular weight is 369 g/mol. The molecule has 0 fully saturated rings. The highest BCUT2D eigenvalue weighted by Gasteiger charge is 2.30. The smallest absolute Gasteiger partial charge is 0.416 e. The van der Waals surface area contributed by atoms with Crippen molar-refractivity contribution in [2.24, 2.45) is 0 Å². The maximum absolute atomic E-state index is 12.7. The maximum Gasteiger partial charge on any atom is 0.416 e. The number of alkyl halides is 3. The van der Waals surface area contributed by atoms with E-state index < -0.39 is 23.9 Å². The molecule has 0 saturated carbocycles. The normalized spacial score (nSPS) is 13.9. The molecule has 0 aliphatic heterocycles. The summed E-state index contributed by atoms with van der Waals surface area (Å²) in [6, 6.07) is 11.4. The summed E-state index contributed by atoms with van der Waals surface area (Å²) in [5, 5.41) is 13.2. The number of hydrogen-bond acceptors (Lipinski definition) is 4. The molecule has 0 aromatic heterocycles. The third-order valence-corrected chi connectivity index (χ3v) is 3.73. The predicted octanol–water partition coefficient (Wildman–Crippen LogP) is 3.80. The zero-order chi connectivity index (χ0) is 19.2. The van der Waals surface area contributed by atoms with Crippen LogP contribution in [0, 0.1) is 0 Å². The van der Waals surface area contributed by atoms with E-state index in [0.717, 1.165) is 12.1 Å². The molecule has 2 atom stereocenters. The van der Waals surface area contributed by atoms with E-state index >= 15 is 0 Å². The summed E-state index contributed by atoms with van der Waals surface area (Å²) in [5.74, 6) is 0.930. The minimum Gasteiger partial charge on any atom is -0.494 e. The van der Waals surface area contributed by atoms with Gasteiger partial charge in [0.1, 0.15) is 17.6 Å². The number of rotatable bonds is 8. The van der Waals surface area contributed by atoms with Crippen molar-refractivity contribution >= 4 is 0 Å². The first-order valence-corrected chi connectivity index (χ1v) is 8.24. The molecular weight excluding hydrogens is 347 g/mol. The van der Waals surface area contributed by atoms with Gasteiger partial charge in [-0.1, -0.05) is 12.1 Å². The molecule has 2 aromatic carbocycles. The molecule has 0 radical (unpaired) electrons. The SMILES string of the molecule is CCOc1ccc(C(Oc2ccc(C(F)(F)F)cc2)C(O)CNC)cc1. The van der Waals surface area contributed by atoms with Crippen molar-refractivity contribution in [3.8, 4) is 11.5 Å². The molecule has 0 amide bonds. The number of ether oxygens (including phenoxy) is 2. The monoisotopic (exact) mass is 369 g/mol. The van der Waals surface area contributed by atoms with Crippen LogP contribution in [-0.4, -0.2) is 31.4 Å². The van der Waals surface area contributed by atoms with Gasteiger partial charge in [0.2, 0.25) is 0 Å². The van der Waals surface area contributed by atoms with Crippen LogP contribution in [0.2, 0.25) is 0 Å². The first-order chi connectivity index (χ1) is 12.3. The van der Waals surface area contributed by atoms with Gasteiger partial charge in [0.25, 0.3) is 0 Å². The molecule has 7 heteroatoms. The standard InChI is InChI=1S/C19H22F3NO3/c1-3-25-15-8-4-13(5-9-15)18(17(24)12-23-2)26-16-10-6-14(7-11-16)19(20,21)22/h4-11,17-18,23-24H,3,12H2,1-2H3. The van der Waals surface area contributed by atoms with Crippen molar-refractivity contribution in [3.05, 3.63) is 59.7 Å². The van der Waals surface area contributed by atoms with E-state index in [1.54, 1.807) is 31.3 Å².